The van der Waals surface area contributed by atoms with Crippen molar-refractivity contribution in [1.82, 2.24) is 50.2 Å². The number of unbranched alkanes of at least 4 members (excludes halogenated alkanes) is 1. The minimum absolute atomic E-state index is 0.0153. The van der Waals surface area contributed by atoms with Crippen LogP contribution in [0.5, 0.6) is 0 Å². The number of guanidine groups is 1. The van der Waals surface area contributed by atoms with Crippen LogP contribution in [0.4, 0.5) is 0 Å². The highest BCUT2D eigenvalue weighted by molar-refractivity contribution is 5.99. The second-order valence-electron chi connectivity index (χ2n) is 23.7. The second kappa shape index (κ2) is 32.2. The fraction of sp³-hybridized carbons (Fsp3) is 0.695. The number of Topliss-reactive ketones (excluding diaryl/α,β-unsaturated/α-hetero) is 4. The Hall–Kier alpha value is -7.38. The van der Waals surface area contributed by atoms with Crippen molar-refractivity contribution in [3.63, 3.8) is 0 Å². The molecule has 0 aromatic carbocycles. The van der Waals surface area contributed by atoms with Gasteiger partial charge >= 0.3 is 0 Å². The lowest BCUT2D eigenvalue weighted by atomic mass is 9.86. The van der Waals surface area contributed by atoms with Gasteiger partial charge in [-0.3, -0.25) is 57.7 Å². The van der Waals surface area contributed by atoms with Gasteiger partial charge in [0.2, 0.25) is 41.4 Å². The highest BCUT2D eigenvalue weighted by Gasteiger charge is 2.47. The first-order chi connectivity index (χ1) is 40.6. The van der Waals surface area contributed by atoms with E-state index in [0.717, 1.165) is 0 Å². The van der Waals surface area contributed by atoms with Gasteiger partial charge in [-0.2, -0.15) is 0 Å². The molecular formula is C59H91N15O11. The van der Waals surface area contributed by atoms with Crippen LogP contribution >= 0.6 is 0 Å². The Labute approximate surface area is 497 Å². The standard InChI is InChI=1S/C59H91N15O11/c1-5-35(2)52(51(79)27-38(53(61)80)13-6-7-19-60)70-54(81)39(14-8-20-66-59(62)63)28-48(76)36(3)69-55(82)40(25-42-31-64-33-67-42)29-49(77)44-15-9-22-72(44)56(83)41(26-43-32-65-34-68-43)30-50(78)45-16-10-23-73(45)58(85)47-18-12-24-74(47)57(84)46-17-11-21-71(46)37(4)75/h31-36,38-41,44-47,52H,5-30,60H2,1-4H3,(H2,61,80)(H,64,67)(H,65,68)(H,69,82)(H,70,81)(H4,62,63,66)/t35-,36-,38+,39+,40+,41+,44-,45-,46?,47-,52-/m0/s1. The highest BCUT2D eigenvalue weighted by Crippen LogP contribution is 2.32. The normalized spacial score (nSPS) is 21.1. The molecule has 12 N–H and O–H groups in total. The summed E-state index contributed by atoms with van der Waals surface area (Å²) < 4.78 is 0. The number of hydrogen-bond acceptors (Lipinski definition) is 15. The maximum Gasteiger partial charge on any atom is 0.246 e. The number of primary amides is 1. The van der Waals surface area contributed by atoms with Crippen molar-refractivity contribution in [1.29, 1.82) is 0 Å². The van der Waals surface area contributed by atoms with Gasteiger partial charge in [0.05, 0.1) is 48.7 Å². The number of nitrogens with one attached hydrogen (secondary N) is 4. The van der Waals surface area contributed by atoms with Crippen molar-refractivity contribution >= 4 is 70.4 Å². The van der Waals surface area contributed by atoms with Gasteiger partial charge in [0.25, 0.3) is 0 Å². The summed E-state index contributed by atoms with van der Waals surface area (Å²) >= 11 is 0. The molecular weight excluding hydrogens is 1090 g/mol. The number of amides is 7. The Bertz CT molecular complexity index is 2680. The number of H-pyrrole nitrogens is 2. The van der Waals surface area contributed by atoms with Crippen LogP contribution in [0.2, 0.25) is 0 Å². The monoisotopic (exact) mass is 1190 g/mol. The Kier molecular flexibility index (Phi) is 25.3. The average Bonchev–Trinajstić information content (AvgIpc) is 4.27. The quantitative estimate of drug-likeness (QED) is 0.0274. The summed E-state index contributed by atoms with van der Waals surface area (Å²) in [4.78, 5) is 178. The molecule has 6 heterocycles. The summed E-state index contributed by atoms with van der Waals surface area (Å²) in [6, 6.07) is -5.33. The largest absolute Gasteiger partial charge is 0.370 e. The molecule has 0 saturated carbocycles. The van der Waals surface area contributed by atoms with Gasteiger partial charge in [-0.1, -0.05) is 26.7 Å². The Morgan fingerprint density at radius 2 is 1.11 bits per heavy atom. The number of rotatable bonds is 34. The van der Waals surface area contributed by atoms with Crippen LogP contribution in [0.25, 0.3) is 0 Å². The zero-order valence-electron chi connectivity index (χ0n) is 50.0. The van der Waals surface area contributed by atoms with E-state index in [1.165, 1.54) is 37.6 Å². The second-order valence-corrected chi connectivity index (χ2v) is 23.7. The average molecular weight is 1190 g/mol. The van der Waals surface area contributed by atoms with Gasteiger partial charge in [-0.05, 0) is 96.4 Å². The van der Waals surface area contributed by atoms with Gasteiger partial charge in [0, 0.05) is 114 Å². The Morgan fingerprint density at radius 1 is 0.612 bits per heavy atom. The van der Waals surface area contributed by atoms with E-state index in [1.807, 2.05) is 6.92 Å². The minimum Gasteiger partial charge on any atom is -0.370 e. The molecule has 26 heteroatoms. The molecule has 11 atom stereocenters. The predicted octanol–water partition coefficient (Wildman–Crippen LogP) is 0.907. The summed E-state index contributed by atoms with van der Waals surface area (Å²) in [6.45, 7) is 8.51. The number of ketones is 4. The first-order valence-electron chi connectivity index (χ1n) is 30.5. The van der Waals surface area contributed by atoms with E-state index in [1.54, 1.807) is 27.8 Å². The number of nitrogens with two attached hydrogens (primary N) is 4. The number of aliphatic imine (C=N–C) groups is 1. The molecule has 6 rings (SSSR count). The van der Waals surface area contributed by atoms with Crippen LogP contribution in [0.15, 0.2) is 30.0 Å². The van der Waals surface area contributed by atoms with Crippen LogP contribution in [0.1, 0.15) is 155 Å². The Morgan fingerprint density at radius 3 is 1.65 bits per heavy atom. The molecule has 0 radical (unpaired) electrons. The van der Waals surface area contributed by atoms with E-state index in [9.17, 15) is 52.7 Å². The SMILES string of the molecule is CC[C@H](C)[C@H](NC(=O)[C@H](CCCN=C(N)N)CC(=O)[C@H](C)NC(=O)[C@@H](CC(=O)[C@@H]1CCCN1C(=O)[C@@H](CC(=O)[C@@H]1CCCN1C(=O)[C@@H]1CCCN1C(=O)C1CCCN1C(C)=O)Cc1cnc[nH]1)Cc1cnc[nH]1)C(=O)C[C@@H](CCCCN)C(N)=O. The first-order valence-corrected chi connectivity index (χ1v) is 30.5. The van der Waals surface area contributed by atoms with E-state index >= 15 is 0 Å². The predicted molar refractivity (Wildman–Crippen MR) is 313 cm³/mol. The first kappa shape index (κ1) is 66.8. The zero-order valence-corrected chi connectivity index (χ0v) is 50.0. The molecule has 2 aromatic heterocycles. The summed E-state index contributed by atoms with van der Waals surface area (Å²) in [7, 11) is 0. The minimum atomic E-state index is -1.15. The number of hydrogen-bond donors (Lipinski definition) is 8. The smallest absolute Gasteiger partial charge is 0.246 e. The van der Waals surface area contributed by atoms with Crippen molar-refractivity contribution in [3.05, 3.63) is 36.4 Å². The zero-order chi connectivity index (χ0) is 61.9. The molecule has 0 spiro atoms. The lowest BCUT2D eigenvalue weighted by Crippen LogP contribution is -2.55. The van der Waals surface area contributed by atoms with Crippen LogP contribution < -0.4 is 33.6 Å². The fourth-order valence-electron chi connectivity index (χ4n) is 12.6. The van der Waals surface area contributed by atoms with Crippen LogP contribution in [-0.2, 0) is 65.6 Å². The molecule has 7 amide bonds. The van der Waals surface area contributed by atoms with E-state index in [2.05, 4.69) is 35.6 Å². The van der Waals surface area contributed by atoms with E-state index in [4.69, 9.17) is 22.9 Å². The third-order valence-electron chi connectivity index (χ3n) is 17.6. The fourth-order valence-corrected chi connectivity index (χ4v) is 12.6. The summed E-state index contributed by atoms with van der Waals surface area (Å²) in [5, 5.41) is 5.65. The molecule has 1 unspecified atom stereocenters. The van der Waals surface area contributed by atoms with Gasteiger partial charge in [-0.25, -0.2) is 9.97 Å². The number of imidazole rings is 2. The number of carbonyl (C=O) groups excluding carboxylic acids is 11. The molecule has 85 heavy (non-hydrogen) atoms. The summed E-state index contributed by atoms with van der Waals surface area (Å²) in [6.07, 6.45) is 11.4. The number of likely N-dealkylation sites (tertiary alicyclic amines) is 4. The summed E-state index contributed by atoms with van der Waals surface area (Å²) in [5.41, 5.74) is 23.6. The molecule has 4 fully saturated rings. The van der Waals surface area contributed by atoms with Crippen molar-refractivity contribution in [2.24, 2.45) is 57.5 Å². The molecule has 4 saturated heterocycles. The van der Waals surface area contributed by atoms with E-state index in [0.29, 0.717) is 121 Å². The Balaban J connectivity index is 1.13. The molecule has 2 aromatic rings. The third-order valence-corrected chi connectivity index (χ3v) is 17.6. The van der Waals surface area contributed by atoms with Gasteiger partial charge in [-0.15, -0.1) is 0 Å². The molecule has 468 valence electrons. The van der Waals surface area contributed by atoms with Crippen LogP contribution in [-0.4, -0.2) is 185 Å². The van der Waals surface area contributed by atoms with Gasteiger partial charge in [0.15, 0.2) is 29.1 Å². The van der Waals surface area contributed by atoms with Crippen molar-refractivity contribution < 1.29 is 52.7 Å². The molecule has 0 bridgehead atoms. The topological polar surface area (TPSA) is 399 Å². The molecule has 4 aliphatic heterocycles. The van der Waals surface area contributed by atoms with Crippen molar-refractivity contribution in [3.8, 4) is 0 Å². The summed E-state index contributed by atoms with van der Waals surface area (Å²) in [5.74, 6) is -8.88. The molecule has 0 aliphatic carbocycles. The highest BCUT2D eigenvalue weighted by atomic mass is 16.2. The molecule has 4 aliphatic rings. The number of carbonyl (C=O) groups is 11. The lowest BCUT2D eigenvalue weighted by molar-refractivity contribution is -0.150. The molecule has 26 nitrogen and oxygen atoms in total. The van der Waals surface area contributed by atoms with Gasteiger partial charge in [0.1, 0.15) is 12.1 Å². The van der Waals surface area contributed by atoms with Crippen molar-refractivity contribution in [2.75, 3.05) is 39.3 Å². The third kappa shape index (κ3) is 18.3. The van der Waals surface area contributed by atoms with E-state index in [-0.39, 0.29) is 99.2 Å². The van der Waals surface area contributed by atoms with Crippen LogP contribution in [0.3, 0.4) is 0 Å². The van der Waals surface area contributed by atoms with Crippen molar-refractivity contribution in [2.45, 2.75) is 192 Å². The van der Waals surface area contributed by atoms with Crippen LogP contribution in [0, 0.1) is 29.6 Å². The van der Waals surface area contributed by atoms with E-state index < -0.39 is 95.1 Å². The lowest BCUT2D eigenvalue weighted by Gasteiger charge is -2.34. The van der Waals surface area contributed by atoms with Gasteiger partial charge < -0.3 is 63.1 Å². The number of nitrogens with zero attached hydrogens (tertiary/aromatic N) is 7. The maximum atomic E-state index is 14.9. The number of aromatic nitrogens is 4. The number of aromatic amines is 2. The maximum absolute atomic E-state index is 14.9.